The average Bonchev–Trinajstić information content (AvgIpc) is 3.14. The molecule has 7 heteroatoms. The molecule has 0 aliphatic carbocycles. The standard InChI is InChI=1S/C18H15N3O3S/c22-16(12-24-13-6-2-1-3-7-13)20-15-9-5-4-8-14(15)17(23)21-18-19-10-11-25-18/h1-11H,12H2,(H,20,22)(H,19,21,23). The van der Waals surface area contributed by atoms with E-state index in [9.17, 15) is 9.59 Å². The Morgan fingerprint density at radius 2 is 1.76 bits per heavy atom. The lowest BCUT2D eigenvalue weighted by molar-refractivity contribution is -0.118. The lowest BCUT2D eigenvalue weighted by Crippen LogP contribution is -2.22. The Balaban J connectivity index is 1.64. The van der Waals surface area contributed by atoms with Crippen LogP contribution in [0.5, 0.6) is 5.75 Å². The molecule has 2 amide bonds. The minimum absolute atomic E-state index is 0.146. The average molecular weight is 353 g/mol. The smallest absolute Gasteiger partial charge is 0.262 e. The molecule has 0 fully saturated rings. The van der Waals surface area contributed by atoms with Crippen LogP contribution in [0.3, 0.4) is 0 Å². The number of hydrogen-bond donors (Lipinski definition) is 2. The van der Waals surface area contributed by atoms with E-state index in [0.29, 0.717) is 22.1 Å². The van der Waals surface area contributed by atoms with Crippen LogP contribution in [0, 0.1) is 0 Å². The van der Waals surface area contributed by atoms with Gasteiger partial charge in [-0.3, -0.25) is 14.9 Å². The summed E-state index contributed by atoms with van der Waals surface area (Å²) in [5.74, 6) is -0.0828. The Labute approximate surface area is 148 Å². The summed E-state index contributed by atoms with van der Waals surface area (Å²) in [4.78, 5) is 28.5. The fourth-order valence-corrected chi connectivity index (χ4v) is 2.62. The van der Waals surface area contributed by atoms with Crippen molar-refractivity contribution in [3.8, 4) is 5.75 Å². The number of rotatable bonds is 6. The first-order chi connectivity index (χ1) is 12.2. The van der Waals surface area contributed by atoms with Crippen molar-refractivity contribution >= 4 is 34.0 Å². The number of anilines is 2. The van der Waals surface area contributed by atoms with Crippen molar-refractivity contribution in [2.24, 2.45) is 0 Å². The van der Waals surface area contributed by atoms with Gasteiger partial charge in [0.05, 0.1) is 11.3 Å². The zero-order valence-corrected chi connectivity index (χ0v) is 14.0. The number of hydrogen-bond acceptors (Lipinski definition) is 5. The largest absolute Gasteiger partial charge is 0.484 e. The molecule has 0 unspecified atom stereocenters. The van der Waals surface area contributed by atoms with Crippen LogP contribution >= 0.6 is 11.3 Å². The summed E-state index contributed by atoms with van der Waals surface area (Å²) in [6.45, 7) is -0.146. The number of benzene rings is 2. The second-order valence-electron chi connectivity index (χ2n) is 4.99. The molecule has 3 aromatic rings. The van der Waals surface area contributed by atoms with Gasteiger partial charge < -0.3 is 10.1 Å². The van der Waals surface area contributed by atoms with Crippen molar-refractivity contribution in [2.75, 3.05) is 17.2 Å². The molecule has 6 nitrogen and oxygen atoms in total. The second-order valence-corrected chi connectivity index (χ2v) is 5.88. The van der Waals surface area contributed by atoms with E-state index in [1.807, 2.05) is 18.2 Å². The Kier molecular flexibility index (Phi) is 5.38. The number of thiazole rings is 1. The molecule has 0 spiro atoms. The molecule has 0 aliphatic heterocycles. The molecule has 1 aromatic heterocycles. The van der Waals surface area contributed by atoms with E-state index in [4.69, 9.17) is 4.74 Å². The van der Waals surface area contributed by atoms with Crippen LogP contribution < -0.4 is 15.4 Å². The number of carbonyl (C=O) groups is 2. The first kappa shape index (κ1) is 16.7. The molecule has 0 bridgehead atoms. The Morgan fingerprint density at radius 1 is 1.00 bits per heavy atom. The second kappa shape index (κ2) is 8.07. The quantitative estimate of drug-likeness (QED) is 0.712. The van der Waals surface area contributed by atoms with Gasteiger partial charge in [-0.1, -0.05) is 30.3 Å². The highest BCUT2D eigenvalue weighted by molar-refractivity contribution is 7.13. The highest BCUT2D eigenvalue weighted by Crippen LogP contribution is 2.18. The topological polar surface area (TPSA) is 80.3 Å². The monoisotopic (exact) mass is 353 g/mol. The van der Waals surface area contributed by atoms with Crippen molar-refractivity contribution in [1.29, 1.82) is 0 Å². The Hall–Kier alpha value is -3.19. The highest BCUT2D eigenvalue weighted by Gasteiger charge is 2.14. The van der Waals surface area contributed by atoms with Crippen LogP contribution in [0.25, 0.3) is 0 Å². The van der Waals surface area contributed by atoms with Crippen LogP contribution in [-0.2, 0) is 4.79 Å². The summed E-state index contributed by atoms with van der Waals surface area (Å²) in [6.07, 6.45) is 1.61. The fraction of sp³-hybridized carbons (Fsp3) is 0.0556. The van der Waals surface area contributed by atoms with Gasteiger partial charge in [-0.05, 0) is 24.3 Å². The lowest BCUT2D eigenvalue weighted by atomic mass is 10.1. The van der Waals surface area contributed by atoms with E-state index in [1.165, 1.54) is 11.3 Å². The summed E-state index contributed by atoms with van der Waals surface area (Å²) in [5.41, 5.74) is 0.768. The number of aromatic nitrogens is 1. The van der Waals surface area contributed by atoms with Crippen LogP contribution in [-0.4, -0.2) is 23.4 Å². The molecule has 0 saturated heterocycles. The van der Waals surface area contributed by atoms with Gasteiger partial charge >= 0.3 is 0 Å². The zero-order valence-electron chi connectivity index (χ0n) is 13.1. The Morgan fingerprint density at radius 3 is 2.52 bits per heavy atom. The van der Waals surface area contributed by atoms with E-state index >= 15 is 0 Å². The van der Waals surface area contributed by atoms with Gasteiger partial charge in [0.15, 0.2) is 11.7 Å². The van der Waals surface area contributed by atoms with Crippen LogP contribution in [0.2, 0.25) is 0 Å². The molecule has 25 heavy (non-hydrogen) atoms. The fourth-order valence-electron chi connectivity index (χ4n) is 2.09. The van der Waals surface area contributed by atoms with Gasteiger partial charge in [-0.15, -0.1) is 11.3 Å². The summed E-state index contributed by atoms with van der Waals surface area (Å²) < 4.78 is 5.40. The molecule has 0 radical (unpaired) electrons. The van der Waals surface area contributed by atoms with Crippen molar-refractivity contribution in [3.63, 3.8) is 0 Å². The first-order valence-electron chi connectivity index (χ1n) is 7.50. The molecule has 2 aromatic carbocycles. The van der Waals surface area contributed by atoms with Gasteiger partial charge in [0.25, 0.3) is 11.8 Å². The highest BCUT2D eigenvalue weighted by atomic mass is 32.1. The summed E-state index contributed by atoms with van der Waals surface area (Å²) in [5, 5.41) is 7.66. The number of carbonyl (C=O) groups excluding carboxylic acids is 2. The maximum atomic E-state index is 12.4. The lowest BCUT2D eigenvalue weighted by Gasteiger charge is -2.11. The number of ether oxygens (including phenoxy) is 1. The molecule has 1 heterocycles. The maximum absolute atomic E-state index is 12.4. The van der Waals surface area contributed by atoms with E-state index in [0.717, 1.165) is 0 Å². The summed E-state index contributed by atoms with van der Waals surface area (Å²) >= 11 is 1.32. The van der Waals surface area contributed by atoms with E-state index in [2.05, 4.69) is 15.6 Å². The van der Waals surface area contributed by atoms with Gasteiger partial charge in [0, 0.05) is 11.6 Å². The molecule has 0 atom stereocenters. The SMILES string of the molecule is O=C(COc1ccccc1)Nc1ccccc1C(=O)Nc1nccs1. The number of para-hydroxylation sites is 2. The molecule has 126 valence electrons. The third kappa shape index (κ3) is 4.65. The Bertz CT molecular complexity index is 851. The maximum Gasteiger partial charge on any atom is 0.262 e. The van der Waals surface area contributed by atoms with E-state index < -0.39 is 0 Å². The van der Waals surface area contributed by atoms with Gasteiger partial charge in [-0.25, -0.2) is 4.98 Å². The number of amides is 2. The van der Waals surface area contributed by atoms with Crippen molar-refractivity contribution < 1.29 is 14.3 Å². The summed E-state index contributed by atoms with van der Waals surface area (Å²) in [7, 11) is 0. The predicted octanol–water partition coefficient (Wildman–Crippen LogP) is 3.41. The van der Waals surface area contributed by atoms with Crippen molar-refractivity contribution in [1.82, 2.24) is 4.98 Å². The number of nitrogens with zero attached hydrogens (tertiary/aromatic N) is 1. The zero-order chi connectivity index (χ0) is 17.5. The van der Waals surface area contributed by atoms with Crippen molar-refractivity contribution in [2.45, 2.75) is 0 Å². The molecule has 3 rings (SSSR count). The van der Waals surface area contributed by atoms with Crippen molar-refractivity contribution in [3.05, 3.63) is 71.7 Å². The third-order valence-electron chi connectivity index (χ3n) is 3.21. The molecule has 0 saturated carbocycles. The van der Waals surface area contributed by atoms with Gasteiger partial charge in [0.2, 0.25) is 0 Å². The molecule has 0 aliphatic rings. The van der Waals surface area contributed by atoms with E-state index in [1.54, 1.807) is 48.0 Å². The van der Waals surface area contributed by atoms with Crippen LogP contribution in [0.1, 0.15) is 10.4 Å². The van der Waals surface area contributed by atoms with E-state index in [-0.39, 0.29) is 18.4 Å². The molecule has 2 N–H and O–H groups in total. The summed E-state index contributed by atoms with van der Waals surface area (Å²) in [6, 6.07) is 15.8. The van der Waals surface area contributed by atoms with Gasteiger partial charge in [0.1, 0.15) is 5.75 Å². The molecular weight excluding hydrogens is 338 g/mol. The van der Waals surface area contributed by atoms with Crippen LogP contribution in [0.15, 0.2) is 66.2 Å². The molecular formula is C18H15N3O3S. The minimum Gasteiger partial charge on any atom is -0.484 e. The normalized spacial score (nSPS) is 10.1. The predicted molar refractivity (Wildman–Crippen MR) is 97.1 cm³/mol. The minimum atomic E-state index is -0.349. The first-order valence-corrected chi connectivity index (χ1v) is 8.38. The van der Waals surface area contributed by atoms with Crippen LogP contribution in [0.4, 0.5) is 10.8 Å². The number of nitrogens with one attached hydrogen (secondary N) is 2. The third-order valence-corrected chi connectivity index (χ3v) is 3.90. The van der Waals surface area contributed by atoms with Gasteiger partial charge in [-0.2, -0.15) is 0 Å².